The van der Waals surface area contributed by atoms with Gasteiger partial charge in [-0.25, -0.2) is 9.78 Å². The van der Waals surface area contributed by atoms with Crippen LogP contribution in [0, 0.1) is 0 Å². The van der Waals surface area contributed by atoms with Gasteiger partial charge in [0.05, 0.1) is 12.1 Å². The van der Waals surface area contributed by atoms with Crippen molar-refractivity contribution >= 4 is 22.6 Å². The number of nitrogens with zero attached hydrogens (tertiary/aromatic N) is 3. The molecule has 6 heteroatoms. The Bertz CT molecular complexity index is 768. The Balaban J connectivity index is 1.87. The van der Waals surface area contributed by atoms with E-state index in [0.717, 1.165) is 11.1 Å². The van der Waals surface area contributed by atoms with Crippen molar-refractivity contribution in [3.05, 3.63) is 54.5 Å². The van der Waals surface area contributed by atoms with Crippen molar-refractivity contribution in [2.75, 3.05) is 11.9 Å². The van der Waals surface area contributed by atoms with Crippen LogP contribution in [0.4, 0.5) is 5.69 Å². The van der Waals surface area contributed by atoms with Crippen molar-refractivity contribution in [1.29, 1.82) is 0 Å². The van der Waals surface area contributed by atoms with Crippen molar-refractivity contribution < 1.29 is 9.90 Å². The fourth-order valence-corrected chi connectivity index (χ4v) is 2.17. The number of nitrogens with one attached hydrogen (secondary N) is 1. The molecule has 0 spiro atoms. The van der Waals surface area contributed by atoms with E-state index in [9.17, 15) is 4.79 Å². The largest absolute Gasteiger partial charge is 0.477 e. The van der Waals surface area contributed by atoms with Gasteiger partial charge in [-0.05, 0) is 18.2 Å². The Labute approximate surface area is 121 Å². The minimum Gasteiger partial charge on any atom is -0.477 e. The van der Waals surface area contributed by atoms with Gasteiger partial charge in [0, 0.05) is 30.0 Å². The first kappa shape index (κ1) is 13.1. The summed E-state index contributed by atoms with van der Waals surface area (Å²) in [5, 5.41) is 17.4. The Morgan fingerprint density at radius 2 is 2.14 bits per heavy atom. The van der Waals surface area contributed by atoms with E-state index in [1.54, 1.807) is 18.3 Å². The number of carboxylic acid groups (broad SMARTS) is 1. The van der Waals surface area contributed by atoms with E-state index >= 15 is 0 Å². The highest BCUT2D eigenvalue weighted by Crippen LogP contribution is 2.23. The summed E-state index contributed by atoms with van der Waals surface area (Å²) in [5.74, 6) is -1.03. The van der Waals surface area contributed by atoms with E-state index in [1.165, 1.54) is 0 Å². The summed E-state index contributed by atoms with van der Waals surface area (Å²) >= 11 is 0. The normalized spacial score (nSPS) is 10.7. The van der Waals surface area contributed by atoms with Gasteiger partial charge in [0.15, 0.2) is 5.69 Å². The van der Waals surface area contributed by atoms with Gasteiger partial charge in [0.1, 0.15) is 0 Å². The van der Waals surface area contributed by atoms with Crippen molar-refractivity contribution in [2.24, 2.45) is 0 Å². The zero-order valence-electron chi connectivity index (χ0n) is 11.2. The molecular weight excluding hydrogens is 268 g/mol. The van der Waals surface area contributed by atoms with Gasteiger partial charge in [0.2, 0.25) is 0 Å². The smallest absolute Gasteiger partial charge is 0.354 e. The van der Waals surface area contributed by atoms with Gasteiger partial charge in [-0.1, -0.05) is 18.2 Å². The van der Waals surface area contributed by atoms with Crippen LogP contribution < -0.4 is 5.32 Å². The number of benzene rings is 1. The molecular formula is C15H14N4O2. The summed E-state index contributed by atoms with van der Waals surface area (Å²) < 4.78 is 1.81. The van der Waals surface area contributed by atoms with E-state index in [1.807, 2.05) is 35.1 Å². The molecule has 3 rings (SSSR count). The number of hydrogen-bond donors (Lipinski definition) is 2. The maximum absolute atomic E-state index is 11.2. The molecule has 0 aliphatic carbocycles. The van der Waals surface area contributed by atoms with Gasteiger partial charge in [-0.3, -0.25) is 4.68 Å². The van der Waals surface area contributed by atoms with Gasteiger partial charge in [-0.2, -0.15) is 5.10 Å². The average molecular weight is 282 g/mol. The van der Waals surface area contributed by atoms with Crippen LogP contribution in [0.1, 0.15) is 10.5 Å². The fourth-order valence-electron chi connectivity index (χ4n) is 2.17. The van der Waals surface area contributed by atoms with Gasteiger partial charge < -0.3 is 10.4 Å². The van der Waals surface area contributed by atoms with Crippen LogP contribution in [-0.2, 0) is 6.54 Å². The molecule has 0 saturated carbocycles. The van der Waals surface area contributed by atoms with E-state index in [4.69, 9.17) is 5.11 Å². The lowest BCUT2D eigenvalue weighted by atomic mass is 10.1. The molecule has 2 heterocycles. The number of carbonyl (C=O) groups is 1. The Morgan fingerprint density at radius 1 is 1.29 bits per heavy atom. The van der Waals surface area contributed by atoms with E-state index < -0.39 is 5.97 Å². The first-order valence-electron chi connectivity index (χ1n) is 6.58. The van der Waals surface area contributed by atoms with Gasteiger partial charge in [0.25, 0.3) is 0 Å². The monoisotopic (exact) mass is 282 g/mol. The number of carboxylic acids is 1. The zero-order valence-corrected chi connectivity index (χ0v) is 11.2. The molecule has 1 aromatic carbocycles. The Kier molecular flexibility index (Phi) is 3.51. The lowest BCUT2D eigenvalue weighted by Crippen LogP contribution is -2.12. The lowest BCUT2D eigenvalue weighted by Gasteiger charge is -2.10. The van der Waals surface area contributed by atoms with Crippen LogP contribution in [0.5, 0.6) is 0 Å². The summed E-state index contributed by atoms with van der Waals surface area (Å²) in [6.07, 6.45) is 3.61. The zero-order chi connectivity index (χ0) is 14.7. The molecule has 0 unspecified atom stereocenters. The highest BCUT2D eigenvalue weighted by atomic mass is 16.4. The van der Waals surface area contributed by atoms with Crippen molar-refractivity contribution in [3.8, 4) is 0 Å². The summed E-state index contributed by atoms with van der Waals surface area (Å²) in [4.78, 5) is 15.3. The van der Waals surface area contributed by atoms with Gasteiger partial charge in [-0.15, -0.1) is 0 Å². The molecule has 0 bridgehead atoms. The summed E-state index contributed by atoms with van der Waals surface area (Å²) in [7, 11) is 0. The third-order valence-electron chi connectivity index (χ3n) is 3.15. The molecule has 0 fully saturated rings. The molecule has 0 saturated heterocycles. The number of aromatic carboxylic acids is 1. The van der Waals surface area contributed by atoms with E-state index in [0.29, 0.717) is 18.6 Å². The standard InChI is InChI=1S/C15H14N4O2/c20-15(21)14-10-13(11-4-1-2-5-12(11)18-14)16-7-9-19-8-3-6-17-19/h1-6,8,10H,7,9H2,(H,16,18)(H,20,21). The number of fused-ring (bicyclic) bond motifs is 1. The predicted molar refractivity (Wildman–Crippen MR) is 79.4 cm³/mol. The quantitative estimate of drug-likeness (QED) is 0.750. The maximum atomic E-state index is 11.2. The second-order valence-electron chi connectivity index (χ2n) is 4.57. The van der Waals surface area contributed by atoms with Crippen LogP contribution in [-0.4, -0.2) is 32.4 Å². The van der Waals surface area contributed by atoms with E-state index in [-0.39, 0.29) is 5.69 Å². The summed E-state index contributed by atoms with van der Waals surface area (Å²) in [6.45, 7) is 1.35. The minimum absolute atomic E-state index is 0.0373. The van der Waals surface area contributed by atoms with Crippen LogP contribution >= 0.6 is 0 Å². The van der Waals surface area contributed by atoms with Crippen LogP contribution in [0.25, 0.3) is 10.9 Å². The molecule has 6 nitrogen and oxygen atoms in total. The molecule has 21 heavy (non-hydrogen) atoms. The molecule has 106 valence electrons. The summed E-state index contributed by atoms with van der Waals surface area (Å²) in [6, 6.07) is 10.9. The number of hydrogen-bond acceptors (Lipinski definition) is 4. The molecule has 2 N–H and O–H groups in total. The van der Waals surface area contributed by atoms with Crippen molar-refractivity contribution in [2.45, 2.75) is 6.54 Å². The number of rotatable bonds is 5. The number of pyridine rings is 1. The lowest BCUT2D eigenvalue weighted by molar-refractivity contribution is 0.0691. The fraction of sp³-hybridized carbons (Fsp3) is 0.133. The highest BCUT2D eigenvalue weighted by molar-refractivity contribution is 5.97. The first-order chi connectivity index (χ1) is 10.2. The van der Waals surface area contributed by atoms with E-state index in [2.05, 4.69) is 15.4 Å². The molecule has 0 aliphatic heterocycles. The van der Waals surface area contributed by atoms with Crippen LogP contribution in [0.3, 0.4) is 0 Å². The molecule has 0 radical (unpaired) electrons. The number of para-hydroxylation sites is 1. The Morgan fingerprint density at radius 3 is 2.90 bits per heavy atom. The maximum Gasteiger partial charge on any atom is 0.354 e. The number of aromatic nitrogens is 3. The molecule has 2 aromatic heterocycles. The van der Waals surface area contributed by atoms with Gasteiger partial charge >= 0.3 is 5.97 Å². The highest BCUT2D eigenvalue weighted by Gasteiger charge is 2.10. The third kappa shape index (κ3) is 2.84. The molecule has 0 amide bonds. The topological polar surface area (TPSA) is 80.0 Å². The molecule has 3 aromatic rings. The third-order valence-corrected chi connectivity index (χ3v) is 3.15. The SMILES string of the molecule is O=C(O)c1cc(NCCn2cccn2)c2ccccc2n1. The minimum atomic E-state index is -1.03. The van der Waals surface area contributed by atoms with Crippen molar-refractivity contribution in [1.82, 2.24) is 14.8 Å². The second-order valence-corrected chi connectivity index (χ2v) is 4.57. The first-order valence-corrected chi connectivity index (χ1v) is 6.58. The number of anilines is 1. The second kappa shape index (κ2) is 5.62. The van der Waals surface area contributed by atoms with Crippen molar-refractivity contribution in [3.63, 3.8) is 0 Å². The van der Waals surface area contributed by atoms with Crippen LogP contribution in [0.15, 0.2) is 48.8 Å². The molecule has 0 aliphatic rings. The summed E-state index contributed by atoms with van der Waals surface area (Å²) in [5.41, 5.74) is 1.47. The Hall–Kier alpha value is -2.89. The molecule has 0 atom stereocenters. The predicted octanol–water partition coefficient (Wildman–Crippen LogP) is 2.24. The van der Waals surface area contributed by atoms with Crippen LogP contribution in [0.2, 0.25) is 0 Å². The average Bonchev–Trinajstić information content (AvgIpc) is 3.00.